The monoisotopic (exact) mass is 147 g/mol. The number of hydrogen-bond donors (Lipinski definition) is 0. The zero-order valence-corrected chi connectivity index (χ0v) is 6.57. The van der Waals surface area contributed by atoms with Gasteiger partial charge in [0.25, 0.3) is 0 Å². The van der Waals surface area contributed by atoms with Gasteiger partial charge in [-0.3, -0.25) is 4.98 Å². The van der Waals surface area contributed by atoms with Gasteiger partial charge in [0.1, 0.15) is 0 Å². The van der Waals surface area contributed by atoms with Gasteiger partial charge in [-0.25, -0.2) is 4.98 Å². The Bertz CT molecular complexity index is 389. The summed E-state index contributed by atoms with van der Waals surface area (Å²) in [5, 5.41) is 0. The van der Waals surface area contributed by atoms with E-state index in [9.17, 15) is 0 Å². The first-order valence-corrected chi connectivity index (χ1v) is 3.54. The van der Waals surface area contributed by atoms with E-state index in [-0.39, 0.29) is 0 Å². The molecule has 0 fully saturated rings. The van der Waals surface area contributed by atoms with E-state index in [1.165, 1.54) is 0 Å². The predicted molar refractivity (Wildman–Crippen MR) is 42.5 cm³/mol. The summed E-state index contributed by atoms with van der Waals surface area (Å²) in [6, 6.07) is 0. The molecule has 0 radical (unpaired) electrons. The molecule has 0 saturated heterocycles. The van der Waals surface area contributed by atoms with Crippen molar-refractivity contribution in [1.29, 1.82) is 0 Å². The van der Waals surface area contributed by atoms with Crippen LogP contribution in [0.2, 0.25) is 0 Å². The molecule has 3 nitrogen and oxygen atoms in total. The molecule has 0 amide bonds. The van der Waals surface area contributed by atoms with Crippen LogP contribution >= 0.6 is 0 Å². The minimum absolute atomic E-state index is 0.919. The Labute approximate surface area is 64.7 Å². The molecule has 3 heteroatoms. The molecule has 0 aliphatic rings. The quantitative estimate of drug-likeness (QED) is 0.563. The molecule has 11 heavy (non-hydrogen) atoms. The van der Waals surface area contributed by atoms with Crippen molar-refractivity contribution < 1.29 is 0 Å². The van der Waals surface area contributed by atoms with Crippen molar-refractivity contribution in [3.05, 3.63) is 30.0 Å². The second kappa shape index (κ2) is 2.05. The van der Waals surface area contributed by atoms with Gasteiger partial charge in [-0.05, 0) is 13.8 Å². The van der Waals surface area contributed by atoms with Gasteiger partial charge < -0.3 is 4.40 Å². The minimum Gasteiger partial charge on any atom is -0.301 e. The third-order valence-electron chi connectivity index (χ3n) is 1.69. The van der Waals surface area contributed by atoms with E-state index in [2.05, 4.69) is 9.97 Å². The maximum Gasteiger partial charge on any atom is 0.155 e. The predicted octanol–water partition coefficient (Wildman–Crippen LogP) is 1.35. The fourth-order valence-electron chi connectivity index (χ4n) is 1.16. The zero-order valence-electron chi connectivity index (χ0n) is 6.57. The van der Waals surface area contributed by atoms with Crippen LogP contribution in [0.4, 0.5) is 0 Å². The number of fused-ring (bicyclic) bond motifs is 1. The summed E-state index contributed by atoms with van der Waals surface area (Å²) >= 11 is 0. The van der Waals surface area contributed by atoms with Gasteiger partial charge in [0, 0.05) is 18.1 Å². The fourth-order valence-corrected chi connectivity index (χ4v) is 1.16. The van der Waals surface area contributed by atoms with Crippen molar-refractivity contribution >= 4 is 5.65 Å². The summed E-state index contributed by atoms with van der Waals surface area (Å²) in [5.41, 5.74) is 3.06. The lowest BCUT2D eigenvalue weighted by Crippen LogP contribution is -1.89. The second-order valence-corrected chi connectivity index (χ2v) is 2.66. The van der Waals surface area contributed by atoms with E-state index in [0.29, 0.717) is 0 Å². The Morgan fingerprint density at radius 2 is 2.09 bits per heavy atom. The standard InChI is InChI=1S/C8H9N3/c1-6-5-11-7(2)3-9-4-8(11)10-6/h3-5H,1-2H3. The fraction of sp³-hybridized carbons (Fsp3) is 0.250. The lowest BCUT2D eigenvalue weighted by atomic mass is 10.5. The van der Waals surface area contributed by atoms with Gasteiger partial charge in [0.05, 0.1) is 11.9 Å². The molecule has 56 valence electrons. The maximum atomic E-state index is 4.27. The molecule has 2 rings (SSSR count). The molecule has 0 saturated carbocycles. The Kier molecular flexibility index (Phi) is 1.18. The largest absolute Gasteiger partial charge is 0.301 e. The molecular weight excluding hydrogens is 138 g/mol. The molecule has 0 aliphatic heterocycles. The van der Waals surface area contributed by atoms with Gasteiger partial charge in [-0.15, -0.1) is 0 Å². The first kappa shape index (κ1) is 6.34. The van der Waals surface area contributed by atoms with Crippen LogP contribution in [0.3, 0.4) is 0 Å². The molecule has 0 unspecified atom stereocenters. The summed E-state index contributed by atoms with van der Waals surface area (Å²) in [6.45, 7) is 3.99. The van der Waals surface area contributed by atoms with Crippen molar-refractivity contribution in [2.75, 3.05) is 0 Å². The Morgan fingerprint density at radius 1 is 1.27 bits per heavy atom. The minimum atomic E-state index is 0.919. The van der Waals surface area contributed by atoms with Crippen molar-refractivity contribution in [1.82, 2.24) is 14.4 Å². The SMILES string of the molecule is Cc1cn2c(C)cncc2n1. The molecule has 0 bridgehead atoms. The summed E-state index contributed by atoms with van der Waals surface area (Å²) < 4.78 is 2.03. The van der Waals surface area contributed by atoms with Crippen LogP contribution in [-0.4, -0.2) is 14.4 Å². The number of hydrogen-bond acceptors (Lipinski definition) is 2. The Hall–Kier alpha value is -1.38. The normalized spacial score (nSPS) is 10.7. The molecule has 0 atom stereocenters. The molecule has 0 spiro atoms. The average Bonchev–Trinajstić information content (AvgIpc) is 2.31. The summed E-state index contributed by atoms with van der Waals surface area (Å²) in [7, 11) is 0. The van der Waals surface area contributed by atoms with Crippen molar-refractivity contribution in [2.45, 2.75) is 13.8 Å². The summed E-state index contributed by atoms with van der Waals surface area (Å²) in [6.07, 6.45) is 5.60. The van der Waals surface area contributed by atoms with E-state index in [1.807, 2.05) is 30.6 Å². The summed E-state index contributed by atoms with van der Waals surface area (Å²) in [4.78, 5) is 8.32. The summed E-state index contributed by atoms with van der Waals surface area (Å²) in [5.74, 6) is 0. The van der Waals surface area contributed by atoms with Crippen LogP contribution in [0.15, 0.2) is 18.6 Å². The molecule has 2 aromatic rings. The molecule has 0 N–H and O–H groups in total. The van der Waals surface area contributed by atoms with Gasteiger partial charge in [0.2, 0.25) is 0 Å². The highest BCUT2D eigenvalue weighted by Gasteiger charge is 1.97. The highest BCUT2D eigenvalue weighted by molar-refractivity contribution is 5.37. The van der Waals surface area contributed by atoms with E-state index >= 15 is 0 Å². The highest BCUT2D eigenvalue weighted by Crippen LogP contribution is 2.04. The number of nitrogens with zero attached hydrogens (tertiary/aromatic N) is 3. The van der Waals surface area contributed by atoms with Gasteiger partial charge in [-0.1, -0.05) is 0 Å². The van der Waals surface area contributed by atoms with Crippen LogP contribution in [-0.2, 0) is 0 Å². The van der Waals surface area contributed by atoms with E-state index in [0.717, 1.165) is 17.0 Å². The molecule has 0 aromatic carbocycles. The van der Waals surface area contributed by atoms with Crippen molar-refractivity contribution in [3.8, 4) is 0 Å². The maximum absolute atomic E-state index is 4.27. The zero-order chi connectivity index (χ0) is 7.84. The number of aromatic nitrogens is 3. The van der Waals surface area contributed by atoms with Crippen LogP contribution in [0.5, 0.6) is 0 Å². The van der Waals surface area contributed by atoms with E-state index in [4.69, 9.17) is 0 Å². The van der Waals surface area contributed by atoms with Crippen molar-refractivity contribution in [3.63, 3.8) is 0 Å². The Morgan fingerprint density at radius 3 is 2.82 bits per heavy atom. The molecule has 2 aromatic heterocycles. The lowest BCUT2D eigenvalue weighted by Gasteiger charge is -1.94. The molecular formula is C8H9N3. The smallest absolute Gasteiger partial charge is 0.155 e. The molecule has 2 heterocycles. The van der Waals surface area contributed by atoms with Gasteiger partial charge in [0.15, 0.2) is 5.65 Å². The van der Waals surface area contributed by atoms with Crippen LogP contribution in [0, 0.1) is 13.8 Å². The van der Waals surface area contributed by atoms with Crippen LogP contribution in [0.1, 0.15) is 11.4 Å². The number of rotatable bonds is 0. The Balaban J connectivity index is 2.90. The van der Waals surface area contributed by atoms with E-state index in [1.54, 1.807) is 6.20 Å². The average molecular weight is 147 g/mol. The third kappa shape index (κ3) is 0.888. The van der Waals surface area contributed by atoms with E-state index < -0.39 is 0 Å². The molecule has 0 aliphatic carbocycles. The second-order valence-electron chi connectivity index (χ2n) is 2.66. The topological polar surface area (TPSA) is 30.2 Å². The third-order valence-corrected chi connectivity index (χ3v) is 1.69. The van der Waals surface area contributed by atoms with Crippen LogP contribution in [0.25, 0.3) is 5.65 Å². The van der Waals surface area contributed by atoms with Gasteiger partial charge >= 0.3 is 0 Å². The van der Waals surface area contributed by atoms with Crippen LogP contribution < -0.4 is 0 Å². The first-order valence-electron chi connectivity index (χ1n) is 3.54. The van der Waals surface area contributed by atoms with Crippen molar-refractivity contribution in [2.24, 2.45) is 0 Å². The number of aryl methyl sites for hydroxylation is 2. The number of imidazole rings is 1. The first-order chi connectivity index (χ1) is 5.27. The lowest BCUT2D eigenvalue weighted by molar-refractivity contribution is 1.05. The highest BCUT2D eigenvalue weighted by atomic mass is 15.0. The van der Waals surface area contributed by atoms with Gasteiger partial charge in [-0.2, -0.15) is 0 Å².